The molecule has 0 fully saturated rings. The maximum absolute atomic E-state index is 5.43. The van der Waals surface area contributed by atoms with E-state index in [0.29, 0.717) is 6.01 Å². The molecule has 1 N–H and O–H groups in total. The van der Waals surface area contributed by atoms with Crippen LogP contribution < -0.4 is 5.32 Å². The first-order valence-electron chi connectivity index (χ1n) is 4.55. The normalized spacial score (nSPS) is 10.8. The summed E-state index contributed by atoms with van der Waals surface area (Å²) in [5.74, 6) is 0.892. The Hall–Kier alpha value is -1.03. The van der Waals surface area contributed by atoms with Crippen LogP contribution in [0.2, 0.25) is 0 Å². The standard InChI is InChI=1S/C9H17N3O/c1-4-5-10-9-11-6-8(13-9)7-12(2)3/h6H,4-5,7H2,1-3H3,(H,10,11). The number of hydrogen-bond acceptors (Lipinski definition) is 4. The smallest absolute Gasteiger partial charge is 0.294 e. The summed E-state index contributed by atoms with van der Waals surface area (Å²) >= 11 is 0. The fourth-order valence-electron chi connectivity index (χ4n) is 1.01. The van der Waals surface area contributed by atoms with Gasteiger partial charge in [-0.2, -0.15) is 0 Å². The fourth-order valence-corrected chi connectivity index (χ4v) is 1.01. The Bertz CT molecular complexity index is 245. The third-order valence-corrected chi connectivity index (χ3v) is 1.55. The Morgan fingerprint density at radius 2 is 2.31 bits per heavy atom. The monoisotopic (exact) mass is 183 g/mol. The second-order valence-electron chi connectivity index (χ2n) is 3.30. The summed E-state index contributed by atoms with van der Waals surface area (Å²) in [6.45, 7) is 3.80. The number of hydrogen-bond donors (Lipinski definition) is 1. The summed E-state index contributed by atoms with van der Waals surface area (Å²) in [6.07, 6.45) is 2.84. The lowest BCUT2D eigenvalue weighted by molar-refractivity contribution is 0.353. The summed E-state index contributed by atoms with van der Waals surface area (Å²) in [4.78, 5) is 6.15. The van der Waals surface area contributed by atoms with Crippen molar-refractivity contribution in [1.29, 1.82) is 0 Å². The topological polar surface area (TPSA) is 41.3 Å². The van der Waals surface area contributed by atoms with Crippen LogP contribution >= 0.6 is 0 Å². The van der Waals surface area contributed by atoms with Gasteiger partial charge in [-0.05, 0) is 20.5 Å². The fraction of sp³-hybridized carbons (Fsp3) is 0.667. The lowest BCUT2D eigenvalue weighted by Gasteiger charge is -2.04. The molecular formula is C9H17N3O. The highest BCUT2D eigenvalue weighted by atomic mass is 16.4. The Morgan fingerprint density at radius 1 is 1.54 bits per heavy atom. The van der Waals surface area contributed by atoms with E-state index in [1.54, 1.807) is 6.20 Å². The number of aromatic nitrogens is 1. The molecule has 0 aliphatic heterocycles. The molecule has 0 radical (unpaired) electrons. The van der Waals surface area contributed by atoms with Gasteiger partial charge in [-0.15, -0.1) is 0 Å². The van der Waals surface area contributed by atoms with Gasteiger partial charge >= 0.3 is 0 Å². The number of rotatable bonds is 5. The molecule has 0 aliphatic carbocycles. The maximum Gasteiger partial charge on any atom is 0.294 e. The molecule has 1 aromatic heterocycles. The SMILES string of the molecule is CCCNc1ncc(CN(C)C)o1. The van der Waals surface area contributed by atoms with E-state index in [2.05, 4.69) is 17.2 Å². The van der Waals surface area contributed by atoms with Crippen LogP contribution in [-0.2, 0) is 6.54 Å². The van der Waals surface area contributed by atoms with Crippen molar-refractivity contribution in [3.05, 3.63) is 12.0 Å². The van der Waals surface area contributed by atoms with Crippen LogP contribution in [-0.4, -0.2) is 30.5 Å². The summed E-state index contributed by atoms with van der Waals surface area (Å²) < 4.78 is 5.43. The van der Waals surface area contributed by atoms with Crippen LogP contribution in [0.4, 0.5) is 6.01 Å². The van der Waals surface area contributed by atoms with Crippen LogP contribution in [0.5, 0.6) is 0 Å². The van der Waals surface area contributed by atoms with E-state index in [9.17, 15) is 0 Å². The molecule has 0 bridgehead atoms. The highest BCUT2D eigenvalue weighted by molar-refractivity contribution is 5.19. The first-order chi connectivity index (χ1) is 6.22. The second kappa shape index (κ2) is 4.87. The lowest BCUT2D eigenvalue weighted by atomic mass is 10.5. The summed E-state index contributed by atoms with van der Waals surface area (Å²) in [6, 6.07) is 0.624. The van der Waals surface area contributed by atoms with Crippen molar-refractivity contribution in [2.45, 2.75) is 19.9 Å². The molecule has 0 spiro atoms. The Morgan fingerprint density at radius 3 is 2.92 bits per heavy atom. The Balaban J connectivity index is 2.44. The third kappa shape index (κ3) is 3.46. The van der Waals surface area contributed by atoms with E-state index >= 15 is 0 Å². The zero-order valence-corrected chi connectivity index (χ0v) is 8.50. The predicted octanol–water partition coefficient (Wildman–Crippen LogP) is 1.56. The zero-order chi connectivity index (χ0) is 9.68. The van der Waals surface area contributed by atoms with Gasteiger partial charge in [0.25, 0.3) is 6.01 Å². The summed E-state index contributed by atoms with van der Waals surface area (Å²) in [7, 11) is 4.00. The molecule has 1 heterocycles. The van der Waals surface area contributed by atoms with Crippen molar-refractivity contribution in [1.82, 2.24) is 9.88 Å². The minimum atomic E-state index is 0.624. The molecule has 1 rings (SSSR count). The minimum Gasteiger partial charge on any atom is -0.427 e. The maximum atomic E-state index is 5.43. The predicted molar refractivity (Wildman–Crippen MR) is 52.7 cm³/mol. The number of anilines is 1. The van der Waals surface area contributed by atoms with Crippen LogP contribution in [0.3, 0.4) is 0 Å². The summed E-state index contributed by atoms with van der Waals surface area (Å²) in [5.41, 5.74) is 0. The van der Waals surface area contributed by atoms with E-state index in [0.717, 1.165) is 25.3 Å². The van der Waals surface area contributed by atoms with E-state index < -0.39 is 0 Å². The molecular weight excluding hydrogens is 166 g/mol. The molecule has 0 unspecified atom stereocenters. The van der Waals surface area contributed by atoms with Crippen molar-refractivity contribution < 1.29 is 4.42 Å². The largest absolute Gasteiger partial charge is 0.427 e. The van der Waals surface area contributed by atoms with Crippen LogP contribution in [0.1, 0.15) is 19.1 Å². The van der Waals surface area contributed by atoms with Crippen LogP contribution in [0.15, 0.2) is 10.6 Å². The zero-order valence-electron chi connectivity index (χ0n) is 8.50. The van der Waals surface area contributed by atoms with Gasteiger partial charge in [-0.25, -0.2) is 4.98 Å². The quantitative estimate of drug-likeness (QED) is 0.752. The van der Waals surface area contributed by atoms with Gasteiger partial charge in [0, 0.05) is 6.54 Å². The number of nitrogens with one attached hydrogen (secondary N) is 1. The van der Waals surface area contributed by atoms with Crippen molar-refractivity contribution in [2.75, 3.05) is 26.0 Å². The molecule has 4 nitrogen and oxygen atoms in total. The molecule has 4 heteroatoms. The lowest BCUT2D eigenvalue weighted by Crippen LogP contribution is -2.09. The second-order valence-corrected chi connectivity index (χ2v) is 3.30. The van der Waals surface area contributed by atoms with Gasteiger partial charge in [-0.3, -0.25) is 0 Å². The van der Waals surface area contributed by atoms with Crippen LogP contribution in [0, 0.1) is 0 Å². The van der Waals surface area contributed by atoms with Gasteiger partial charge in [-0.1, -0.05) is 6.92 Å². The van der Waals surface area contributed by atoms with Gasteiger partial charge in [0.15, 0.2) is 0 Å². The van der Waals surface area contributed by atoms with Crippen molar-refractivity contribution in [2.24, 2.45) is 0 Å². The van der Waals surface area contributed by atoms with E-state index in [1.165, 1.54) is 0 Å². The average Bonchev–Trinajstić information content (AvgIpc) is 2.48. The highest BCUT2D eigenvalue weighted by Gasteiger charge is 2.02. The molecule has 13 heavy (non-hydrogen) atoms. The minimum absolute atomic E-state index is 0.624. The van der Waals surface area contributed by atoms with E-state index in [1.807, 2.05) is 19.0 Å². The molecule has 0 aromatic carbocycles. The number of oxazole rings is 1. The highest BCUT2D eigenvalue weighted by Crippen LogP contribution is 2.09. The molecule has 0 saturated carbocycles. The molecule has 0 saturated heterocycles. The average molecular weight is 183 g/mol. The van der Waals surface area contributed by atoms with Crippen LogP contribution in [0.25, 0.3) is 0 Å². The van der Waals surface area contributed by atoms with Crippen molar-refractivity contribution >= 4 is 6.01 Å². The molecule has 0 aliphatic rings. The molecule has 0 amide bonds. The van der Waals surface area contributed by atoms with Gasteiger partial charge in [0.05, 0.1) is 12.7 Å². The van der Waals surface area contributed by atoms with E-state index in [-0.39, 0.29) is 0 Å². The Kier molecular flexibility index (Phi) is 3.76. The third-order valence-electron chi connectivity index (χ3n) is 1.55. The van der Waals surface area contributed by atoms with E-state index in [4.69, 9.17) is 4.42 Å². The van der Waals surface area contributed by atoms with Crippen molar-refractivity contribution in [3.8, 4) is 0 Å². The first kappa shape index (κ1) is 10.1. The molecule has 1 aromatic rings. The van der Waals surface area contributed by atoms with Crippen molar-refractivity contribution in [3.63, 3.8) is 0 Å². The Labute approximate surface area is 78.9 Å². The first-order valence-corrected chi connectivity index (χ1v) is 4.55. The molecule has 0 atom stereocenters. The summed E-state index contributed by atoms with van der Waals surface area (Å²) in [5, 5.41) is 3.09. The van der Waals surface area contributed by atoms with Gasteiger partial charge in [0.2, 0.25) is 0 Å². The molecule has 74 valence electrons. The van der Waals surface area contributed by atoms with Gasteiger partial charge in [0.1, 0.15) is 5.76 Å². The number of nitrogens with zero attached hydrogens (tertiary/aromatic N) is 2. The van der Waals surface area contributed by atoms with Gasteiger partial charge < -0.3 is 14.6 Å².